The minimum atomic E-state index is -0.285. The summed E-state index contributed by atoms with van der Waals surface area (Å²) in [6, 6.07) is 10.4. The summed E-state index contributed by atoms with van der Waals surface area (Å²) < 4.78 is 1.53. The molecule has 1 saturated carbocycles. The van der Waals surface area contributed by atoms with Gasteiger partial charge in [0.05, 0.1) is 5.69 Å². The van der Waals surface area contributed by atoms with E-state index in [9.17, 15) is 9.59 Å². The summed E-state index contributed by atoms with van der Waals surface area (Å²) in [6.07, 6.45) is 5.14. The molecule has 3 aromatic rings. The highest BCUT2D eigenvalue weighted by Crippen LogP contribution is 2.30. The number of benzene rings is 1. The number of carbonyl (C=O) groups is 2. The second kappa shape index (κ2) is 7.70. The van der Waals surface area contributed by atoms with E-state index in [0.717, 1.165) is 18.5 Å². The lowest BCUT2D eigenvalue weighted by atomic mass is 9.92. The predicted molar refractivity (Wildman–Crippen MR) is 114 cm³/mol. The molecule has 154 valence electrons. The minimum Gasteiger partial charge on any atom is -0.326 e. The fourth-order valence-corrected chi connectivity index (χ4v) is 2.87. The lowest BCUT2D eigenvalue weighted by Gasteiger charge is -2.13. The van der Waals surface area contributed by atoms with Crippen LogP contribution in [-0.4, -0.2) is 31.6 Å². The van der Waals surface area contributed by atoms with Crippen molar-refractivity contribution < 1.29 is 9.59 Å². The summed E-state index contributed by atoms with van der Waals surface area (Å²) in [5, 5.41) is 10.4. The van der Waals surface area contributed by atoms with Crippen molar-refractivity contribution in [2.24, 2.45) is 5.92 Å². The molecule has 2 aromatic heterocycles. The smallest absolute Gasteiger partial charge is 0.256 e. The monoisotopic (exact) mass is 404 g/mol. The van der Waals surface area contributed by atoms with E-state index in [-0.39, 0.29) is 23.1 Å². The summed E-state index contributed by atoms with van der Waals surface area (Å²) >= 11 is 0. The second-order valence-corrected chi connectivity index (χ2v) is 8.42. The van der Waals surface area contributed by atoms with Gasteiger partial charge in [-0.2, -0.15) is 9.78 Å². The van der Waals surface area contributed by atoms with Gasteiger partial charge in [0, 0.05) is 41.0 Å². The van der Waals surface area contributed by atoms with Crippen molar-refractivity contribution in [3.8, 4) is 5.95 Å². The van der Waals surface area contributed by atoms with Crippen LogP contribution in [0.25, 0.3) is 5.95 Å². The highest BCUT2D eigenvalue weighted by Gasteiger charge is 2.29. The SMILES string of the molecule is CC(C)(C)c1cc(NC(=O)c2ccc(NC(=O)C3CC3)cc2)n(-c2ncccn2)n1. The number of nitrogens with zero attached hydrogens (tertiary/aromatic N) is 4. The van der Waals surface area contributed by atoms with Gasteiger partial charge in [-0.1, -0.05) is 20.8 Å². The quantitative estimate of drug-likeness (QED) is 0.677. The number of hydrogen-bond donors (Lipinski definition) is 2. The van der Waals surface area contributed by atoms with Gasteiger partial charge in [-0.05, 0) is 43.2 Å². The van der Waals surface area contributed by atoms with E-state index in [0.29, 0.717) is 23.0 Å². The van der Waals surface area contributed by atoms with Crippen molar-refractivity contribution in [1.82, 2.24) is 19.7 Å². The first-order valence-electron chi connectivity index (χ1n) is 9.91. The van der Waals surface area contributed by atoms with E-state index >= 15 is 0 Å². The third-order valence-corrected chi connectivity index (χ3v) is 4.82. The molecule has 0 atom stereocenters. The number of nitrogens with one attached hydrogen (secondary N) is 2. The van der Waals surface area contributed by atoms with E-state index in [4.69, 9.17) is 0 Å². The molecule has 1 aliphatic rings. The molecule has 4 rings (SSSR count). The molecule has 30 heavy (non-hydrogen) atoms. The zero-order chi connectivity index (χ0) is 21.3. The van der Waals surface area contributed by atoms with E-state index in [2.05, 4.69) is 25.7 Å². The molecule has 0 radical (unpaired) electrons. The van der Waals surface area contributed by atoms with Crippen LogP contribution in [0.2, 0.25) is 0 Å². The topological polar surface area (TPSA) is 102 Å². The molecule has 1 fully saturated rings. The van der Waals surface area contributed by atoms with Crippen molar-refractivity contribution in [3.05, 3.63) is 60.0 Å². The molecule has 2 heterocycles. The Morgan fingerprint density at radius 2 is 1.70 bits per heavy atom. The Morgan fingerprint density at radius 3 is 2.30 bits per heavy atom. The fraction of sp³-hybridized carbons (Fsp3) is 0.318. The lowest BCUT2D eigenvalue weighted by molar-refractivity contribution is -0.117. The molecule has 0 bridgehead atoms. The summed E-state index contributed by atoms with van der Waals surface area (Å²) in [6.45, 7) is 6.14. The van der Waals surface area contributed by atoms with Gasteiger partial charge >= 0.3 is 0 Å². The fourth-order valence-electron chi connectivity index (χ4n) is 2.87. The molecular formula is C22H24N6O2. The van der Waals surface area contributed by atoms with Gasteiger partial charge in [0.25, 0.3) is 11.9 Å². The molecule has 8 heteroatoms. The largest absolute Gasteiger partial charge is 0.326 e. The molecular weight excluding hydrogens is 380 g/mol. The molecule has 2 N–H and O–H groups in total. The highest BCUT2D eigenvalue weighted by atomic mass is 16.2. The number of carbonyl (C=O) groups excluding carboxylic acids is 2. The van der Waals surface area contributed by atoms with Crippen molar-refractivity contribution in [2.75, 3.05) is 10.6 Å². The first-order valence-corrected chi connectivity index (χ1v) is 9.91. The molecule has 1 aromatic carbocycles. The number of rotatable bonds is 5. The third-order valence-electron chi connectivity index (χ3n) is 4.82. The maximum absolute atomic E-state index is 12.8. The van der Waals surface area contributed by atoms with Gasteiger partial charge in [-0.25, -0.2) is 9.97 Å². The lowest BCUT2D eigenvalue weighted by Crippen LogP contribution is -2.17. The van der Waals surface area contributed by atoms with Crippen LogP contribution >= 0.6 is 0 Å². The first-order chi connectivity index (χ1) is 14.3. The van der Waals surface area contributed by atoms with Crippen LogP contribution in [0.4, 0.5) is 11.5 Å². The minimum absolute atomic E-state index is 0.0358. The Balaban J connectivity index is 1.55. The van der Waals surface area contributed by atoms with Gasteiger partial charge < -0.3 is 10.6 Å². The van der Waals surface area contributed by atoms with E-state index in [1.54, 1.807) is 42.7 Å². The number of hydrogen-bond acceptors (Lipinski definition) is 5. The summed E-state index contributed by atoms with van der Waals surface area (Å²) in [5.74, 6) is 0.746. The van der Waals surface area contributed by atoms with Crippen LogP contribution in [-0.2, 0) is 10.2 Å². The third kappa shape index (κ3) is 4.37. The molecule has 0 unspecified atom stereocenters. The average Bonchev–Trinajstić information content (AvgIpc) is 3.49. The first kappa shape index (κ1) is 19.8. The number of amides is 2. The molecule has 2 amide bonds. The van der Waals surface area contributed by atoms with Gasteiger partial charge in [0.1, 0.15) is 5.82 Å². The van der Waals surface area contributed by atoms with Crippen molar-refractivity contribution in [1.29, 1.82) is 0 Å². The molecule has 1 aliphatic carbocycles. The van der Waals surface area contributed by atoms with Crippen LogP contribution in [0, 0.1) is 5.92 Å². The van der Waals surface area contributed by atoms with Crippen LogP contribution in [0.3, 0.4) is 0 Å². The van der Waals surface area contributed by atoms with Gasteiger partial charge in [-0.15, -0.1) is 0 Å². The number of aromatic nitrogens is 4. The van der Waals surface area contributed by atoms with Gasteiger partial charge in [0.15, 0.2) is 0 Å². The van der Waals surface area contributed by atoms with Gasteiger partial charge in [-0.3, -0.25) is 9.59 Å². The maximum Gasteiger partial charge on any atom is 0.256 e. The zero-order valence-electron chi connectivity index (χ0n) is 17.2. The Labute approximate surface area is 174 Å². The zero-order valence-corrected chi connectivity index (χ0v) is 17.2. The Hall–Kier alpha value is -3.55. The van der Waals surface area contributed by atoms with Crippen LogP contribution in [0.1, 0.15) is 49.7 Å². The Kier molecular flexibility index (Phi) is 5.07. The maximum atomic E-state index is 12.8. The van der Waals surface area contributed by atoms with E-state index in [1.165, 1.54) is 4.68 Å². The van der Waals surface area contributed by atoms with Gasteiger partial charge in [0.2, 0.25) is 5.91 Å². The van der Waals surface area contributed by atoms with E-state index in [1.807, 2.05) is 26.8 Å². The molecule has 8 nitrogen and oxygen atoms in total. The normalized spacial score (nSPS) is 13.7. The van der Waals surface area contributed by atoms with Crippen LogP contribution in [0.15, 0.2) is 48.8 Å². The highest BCUT2D eigenvalue weighted by molar-refractivity contribution is 6.04. The molecule has 0 saturated heterocycles. The van der Waals surface area contributed by atoms with Crippen LogP contribution in [0.5, 0.6) is 0 Å². The van der Waals surface area contributed by atoms with Crippen molar-refractivity contribution in [3.63, 3.8) is 0 Å². The van der Waals surface area contributed by atoms with Crippen LogP contribution < -0.4 is 10.6 Å². The Morgan fingerprint density at radius 1 is 1.03 bits per heavy atom. The standard InChI is InChI=1S/C22H24N6O2/c1-22(2,3)17-13-18(28(27-17)21-23-11-4-12-24-21)26-20(30)15-7-9-16(10-8-15)25-19(29)14-5-6-14/h4,7-14H,5-6H2,1-3H3,(H,25,29)(H,26,30). The number of anilines is 2. The summed E-state index contributed by atoms with van der Waals surface area (Å²) in [7, 11) is 0. The average molecular weight is 404 g/mol. The van der Waals surface area contributed by atoms with Crippen molar-refractivity contribution >= 4 is 23.3 Å². The Bertz CT molecular complexity index is 1060. The van der Waals surface area contributed by atoms with E-state index < -0.39 is 0 Å². The second-order valence-electron chi connectivity index (χ2n) is 8.42. The molecule has 0 aliphatic heterocycles. The summed E-state index contributed by atoms with van der Waals surface area (Å²) in [5.41, 5.74) is 1.75. The van der Waals surface area contributed by atoms with Crippen molar-refractivity contribution in [2.45, 2.75) is 39.0 Å². The summed E-state index contributed by atoms with van der Waals surface area (Å²) in [4.78, 5) is 33.2. The molecule has 0 spiro atoms. The predicted octanol–water partition coefficient (Wildman–Crippen LogP) is 3.56.